The van der Waals surface area contributed by atoms with Gasteiger partial charge in [-0.15, -0.1) is 5.46 Å². The first-order valence-electron chi connectivity index (χ1n) is 2.67. The van der Waals surface area contributed by atoms with E-state index >= 15 is 0 Å². The monoisotopic (exact) mass is 198 g/mol. The van der Waals surface area contributed by atoms with Gasteiger partial charge in [-0.3, -0.25) is 0 Å². The van der Waals surface area contributed by atoms with Crippen molar-refractivity contribution in [1.82, 2.24) is 0 Å². The van der Waals surface area contributed by atoms with Crippen molar-refractivity contribution in [3.05, 3.63) is 30.3 Å². The van der Waals surface area contributed by atoms with Gasteiger partial charge in [0.25, 0.3) is 0 Å². The summed E-state index contributed by atoms with van der Waals surface area (Å²) in [5.74, 6) is 0. The Morgan fingerprint density at radius 3 is 1.64 bits per heavy atom. The molecule has 0 radical (unpaired) electrons. The Bertz CT molecular complexity index is 181. The van der Waals surface area contributed by atoms with Crippen molar-refractivity contribution in [3.8, 4) is 0 Å². The second kappa shape index (κ2) is 9.05. The average Bonchev–Trinajstić information content (AvgIpc) is 1.90. The first-order valence-corrected chi connectivity index (χ1v) is 2.67. The van der Waals surface area contributed by atoms with E-state index in [0.717, 1.165) is 0 Å². The Kier molecular flexibility index (Phi) is 13.1. The molecule has 1 rings (SSSR count). The summed E-state index contributed by atoms with van der Waals surface area (Å²) in [7, 11) is -1.84. The molecule has 0 saturated carbocycles. The van der Waals surface area contributed by atoms with Gasteiger partial charge in [-0.2, -0.15) is 0 Å². The molecule has 0 N–H and O–H groups in total. The van der Waals surface area contributed by atoms with Crippen LogP contribution in [0.4, 0.5) is 0 Å². The Labute approximate surface area is 152 Å². The Morgan fingerprint density at radius 2 is 1.36 bits per heavy atom. The summed E-state index contributed by atoms with van der Waals surface area (Å²) < 4.78 is 0. The molecule has 0 unspecified atom stereocenters. The summed E-state index contributed by atoms with van der Waals surface area (Å²) in [6, 6.07) is 8.19. The van der Waals surface area contributed by atoms with Crippen LogP contribution in [0.5, 0.6) is 0 Å². The summed E-state index contributed by atoms with van der Waals surface area (Å²) in [5.41, 5.74) is 0.303. The average molecular weight is 198 g/mol. The molecule has 0 fully saturated rings. The third-order valence-electron chi connectivity index (χ3n) is 1.07. The van der Waals surface area contributed by atoms with Crippen LogP contribution < -0.4 is 118 Å². The third kappa shape index (κ3) is 6.54. The number of hydrogen-bond donors (Lipinski definition) is 0. The van der Waals surface area contributed by atoms with Crippen molar-refractivity contribution in [3.63, 3.8) is 0 Å². The zero-order valence-electron chi connectivity index (χ0n) is 6.78. The molecule has 0 heterocycles. The first-order chi connectivity index (χ1) is 4.30. The molecule has 5 heteroatoms. The van der Waals surface area contributed by atoms with Crippen molar-refractivity contribution in [1.29, 1.82) is 0 Å². The molecule has 11 heavy (non-hydrogen) atoms. The summed E-state index contributed by atoms with van der Waals surface area (Å²) >= 11 is 0. The zero-order valence-corrected chi connectivity index (χ0v) is 13.0. The van der Waals surface area contributed by atoms with E-state index in [1.807, 2.05) is 0 Å². The van der Waals surface area contributed by atoms with Crippen molar-refractivity contribution in [2.24, 2.45) is 0 Å². The van der Waals surface area contributed by atoms with Crippen LogP contribution in [0.3, 0.4) is 0 Å². The van der Waals surface area contributed by atoms with E-state index in [-0.39, 0.29) is 103 Å². The van der Waals surface area contributed by atoms with Crippen LogP contribution in [0.2, 0.25) is 0 Å². The molecule has 0 atom stereocenters. The molecular weight excluding hydrogens is 193 g/mol. The second-order valence-corrected chi connectivity index (χ2v) is 1.74. The maximum absolute atomic E-state index is 10.2. The number of rotatable bonds is 1. The van der Waals surface area contributed by atoms with Gasteiger partial charge in [-0.25, -0.2) is 0 Å². The van der Waals surface area contributed by atoms with Gasteiger partial charge < -0.3 is 10.0 Å². The van der Waals surface area contributed by atoms with E-state index in [1.165, 1.54) is 12.1 Å². The quantitative estimate of drug-likeness (QED) is 0.421. The van der Waals surface area contributed by atoms with Crippen LogP contribution >= 0.6 is 0 Å². The van der Waals surface area contributed by atoms with E-state index < -0.39 is 7.12 Å². The molecule has 46 valence electrons. The fraction of sp³-hybridized carbons (Fsp3) is 0. The third-order valence-corrected chi connectivity index (χ3v) is 1.07. The molecule has 0 amide bonds. The minimum absolute atomic E-state index is 0. The van der Waals surface area contributed by atoms with E-state index in [1.54, 1.807) is 18.2 Å². The van der Waals surface area contributed by atoms with Crippen LogP contribution in [-0.4, -0.2) is 7.12 Å². The SMILES string of the molecule is [K+].[K+].[O-]B([O-])c1ccccc1. The molecule has 0 aromatic heterocycles. The molecule has 0 aliphatic heterocycles. The standard InChI is InChI=1S/C6H5BO2.2K/c8-7(9)6-4-2-1-3-5-6;;/h1-5H;;/q-2;2*+1. The van der Waals surface area contributed by atoms with E-state index in [9.17, 15) is 10.0 Å². The first kappa shape index (κ1) is 15.9. The van der Waals surface area contributed by atoms with Gasteiger partial charge in [0.2, 0.25) is 0 Å². The van der Waals surface area contributed by atoms with Crippen molar-refractivity contribution < 1.29 is 113 Å². The molecule has 0 saturated heterocycles. The number of hydrogen-bond acceptors (Lipinski definition) is 2. The molecule has 2 nitrogen and oxygen atoms in total. The summed E-state index contributed by atoms with van der Waals surface area (Å²) in [6.45, 7) is 0. The summed E-state index contributed by atoms with van der Waals surface area (Å²) in [5, 5.41) is 20.3. The van der Waals surface area contributed by atoms with Crippen molar-refractivity contribution in [2.75, 3.05) is 0 Å². The molecule has 1 aromatic carbocycles. The van der Waals surface area contributed by atoms with Crippen LogP contribution in [0, 0.1) is 0 Å². The smallest absolute Gasteiger partial charge is 0.889 e. The maximum atomic E-state index is 10.2. The van der Waals surface area contributed by atoms with Gasteiger partial charge >= 0.3 is 103 Å². The van der Waals surface area contributed by atoms with Gasteiger partial charge in [0.05, 0.1) is 0 Å². The van der Waals surface area contributed by atoms with Crippen molar-refractivity contribution >= 4 is 12.6 Å². The van der Waals surface area contributed by atoms with Crippen LogP contribution in [0.1, 0.15) is 0 Å². The van der Waals surface area contributed by atoms with Gasteiger partial charge in [0.15, 0.2) is 0 Å². The Hall–Kier alpha value is 2.48. The molecule has 1 aromatic rings. The number of benzene rings is 1. The predicted octanol–water partition coefficient (Wildman–Crippen LogP) is -7.89. The molecule has 0 spiro atoms. The minimum atomic E-state index is -1.84. The zero-order chi connectivity index (χ0) is 6.69. The van der Waals surface area contributed by atoms with Gasteiger partial charge in [-0.05, 0) is 0 Å². The van der Waals surface area contributed by atoms with Crippen LogP contribution in [0.25, 0.3) is 0 Å². The summed E-state index contributed by atoms with van der Waals surface area (Å²) in [6.07, 6.45) is 0. The fourth-order valence-corrected chi connectivity index (χ4v) is 0.610. The van der Waals surface area contributed by atoms with E-state index in [4.69, 9.17) is 0 Å². The van der Waals surface area contributed by atoms with E-state index in [0.29, 0.717) is 5.46 Å². The largest absolute Gasteiger partial charge is 1.00 e. The van der Waals surface area contributed by atoms with Gasteiger partial charge in [0, 0.05) is 0 Å². The van der Waals surface area contributed by atoms with Gasteiger partial charge in [-0.1, -0.05) is 37.5 Å². The van der Waals surface area contributed by atoms with E-state index in [2.05, 4.69) is 0 Å². The predicted molar refractivity (Wildman–Crippen MR) is 31.8 cm³/mol. The van der Waals surface area contributed by atoms with Crippen molar-refractivity contribution in [2.45, 2.75) is 0 Å². The van der Waals surface area contributed by atoms with Crippen LogP contribution in [-0.2, 0) is 0 Å². The molecule has 0 aliphatic carbocycles. The molecule has 0 bridgehead atoms. The molecular formula is C6H5BK2O2. The van der Waals surface area contributed by atoms with Gasteiger partial charge in [0.1, 0.15) is 0 Å². The molecule has 0 aliphatic rings. The normalized spacial score (nSPS) is 7.45. The topological polar surface area (TPSA) is 46.1 Å². The second-order valence-electron chi connectivity index (χ2n) is 1.74. The fourth-order valence-electron chi connectivity index (χ4n) is 0.610. The minimum Gasteiger partial charge on any atom is -0.889 e. The Morgan fingerprint density at radius 1 is 0.909 bits per heavy atom. The maximum Gasteiger partial charge on any atom is 1.00 e. The summed E-state index contributed by atoms with van der Waals surface area (Å²) in [4.78, 5) is 0. The Balaban J connectivity index is 0. The van der Waals surface area contributed by atoms with Crippen LogP contribution in [0.15, 0.2) is 30.3 Å².